The van der Waals surface area contributed by atoms with Crippen LogP contribution in [0.3, 0.4) is 0 Å². The minimum absolute atomic E-state index is 0.0364. The topological polar surface area (TPSA) is 119 Å². The third-order valence-corrected chi connectivity index (χ3v) is 8.25. The number of nitrogens with zero attached hydrogens (tertiary/aromatic N) is 1. The van der Waals surface area contributed by atoms with Gasteiger partial charge in [-0.05, 0) is 42.3 Å². The summed E-state index contributed by atoms with van der Waals surface area (Å²) in [5, 5.41) is 0. The highest BCUT2D eigenvalue weighted by Gasteiger charge is 2.42. The van der Waals surface area contributed by atoms with E-state index in [9.17, 15) is 21.6 Å². The second-order valence-electron chi connectivity index (χ2n) is 7.11. The minimum atomic E-state index is -4.04. The summed E-state index contributed by atoms with van der Waals surface area (Å²) in [7, 11) is -5.03. The van der Waals surface area contributed by atoms with Crippen molar-refractivity contribution in [1.29, 1.82) is 0 Å². The average molecular weight is 469 g/mol. The molecular formula is C20H24N2O7S2. The second kappa shape index (κ2) is 8.85. The third kappa shape index (κ3) is 4.83. The number of nitrogens with one attached hydrogen (secondary N) is 1. The zero-order valence-corrected chi connectivity index (χ0v) is 19.0. The molecule has 1 fully saturated rings. The van der Waals surface area contributed by atoms with Gasteiger partial charge in [0.05, 0.1) is 31.6 Å². The van der Waals surface area contributed by atoms with Crippen LogP contribution in [0.1, 0.15) is 12.5 Å². The first-order valence-corrected chi connectivity index (χ1v) is 12.6. The lowest BCUT2D eigenvalue weighted by atomic mass is 10.1. The Balaban J connectivity index is 1.84. The van der Waals surface area contributed by atoms with Gasteiger partial charge in [0.1, 0.15) is 16.4 Å². The lowest BCUT2D eigenvalue weighted by Gasteiger charge is -2.18. The molecule has 9 nitrogen and oxygen atoms in total. The maximum atomic E-state index is 12.9. The van der Waals surface area contributed by atoms with Crippen LogP contribution in [0.4, 0.5) is 5.69 Å². The lowest BCUT2D eigenvalue weighted by molar-refractivity contribution is -0.119. The smallest absolute Gasteiger partial charge is 0.244 e. The summed E-state index contributed by atoms with van der Waals surface area (Å²) in [4.78, 5) is 12.1. The molecule has 1 aliphatic rings. The van der Waals surface area contributed by atoms with E-state index in [4.69, 9.17) is 9.47 Å². The number of rotatable bonds is 8. The zero-order chi connectivity index (χ0) is 22.8. The van der Waals surface area contributed by atoms with Crippen molar-refractivity contribution in [2.45, 2.75) is 18.2 Å². The van der Waals surface area contributed by atoms with Crippen LogP contribution in [0.2, 0.25) is 0 Å². The SMILES string of the molecule is COc1ccc(CCNS(=O)(=O)c2cc(N3C(=O)C(C)CS3(=O)=O)ccc2OC)cc1. The van der Waals surface area contributed by atoms with E-state index >= 15 is 0 Å². The fourth-order valence-electron chi connectivity index (χ4n) is 3.29. The molecular weight excluding hydrogens is 444 g/mol. The maximum Gasteiger partial charge on any atom is 0.244 e. The first-order chi connectivity index (χ1) is 14.6. The van der Waals surface area contributed by atoms with E-state index in [0.29, 0.717) is 16.5 Å². The minimum Gasteiger partial charge on any atom is -0.497 e. The summed E-state index contributed by atoms with van der Waals surface area (Å²) in [5.41, 5.74) is 0.873. The van der Waals surface area contributed by atoms with Gasteiger partial charge >= 0.3 is 0 Å². The lowest BCUT2D eigenvalue weighted by Crippen LogP contribution is -2.31. The predicted octanol–water partition coefficient (Wildman–Crippen LogP) is 1.54. The maximum absolute atomic E-state index is 12.9. The van der Waals surface area contributed by atoms with Crippen molar-refractivity contribution in [2.24, 2.45) is 5.92 Å². The number of ether oxygens (including phenoxy) is 2. The molecule has 0 bridgehead atoms. The van der Waals surface area contributed by atoms with Gasteiger partial charge in [-0.3, -0.25) is 4.79 Å². The molecule has 1 atom stereocenters. The van der Waals surface area contributed by atoms with Gasteiger partial charge in [0.2, 0.25) is 26.0 Å². The third-order valence-electron chi connectivity index (χ3n) is 4.90. The van der Waals surface area contributed by atoms with Crippen LogP contribution in [0.15, 0.2) is 47.4 Å². The molecule has 2 aromatic carbocycles. The van der Waals surface area contributed by atoms with Gasteiger partial charge in [-0.1, -0.05) is 19.1 Å². The van der Waals surface area contributed by atoms with Crippen LogP contribution in [-0.4, -0.2) is 49.3 Å². The van der Waals surface area contributed by atoms with Crippen molar-refractivity contribution in [1.82, 2.24) is 4.72 Å². The van der Waals surface area contributed by atoms with E-state index in [-0.39, 0.29) is 28.6 Å². The van der Waals surface area contributed by atoms with E-state index in [1.54, 1.807) is 19.2 Å². The van der Waals surface area contributed by atoms with Gasteiger partial charge < -0.3 is 9.47 Å². The fourth-order valence-corrected chi connectivity index (χ4v) is 6.32. The number of hydrogen-bond acceptors (Lipinski definition) is 7. The summed E-state index contributed by atoms with van der Waals surface area (Å²) in [6.45, 7) is 1.63. The van der Waals surface area contributed by atoms with Crippen LogP contribution in [-0.2, 0) is 31.3 Å². The number of hydrogen-bond donors (Lipinski definition) is 1. The highest BCUT2D eigenvalue weighted by Crippen LogP contribution is 2.33. The van der Waals surface area contributed by atoms with Crippen LogP contribution in [0.25, 0.3) is 0 Å². The Bertz CT molecular complexity index is 1180. The van der Waals surface area contributed by atoms with Gasteiger partial charge in [-0.15, -0.1) is 0 Å². The van der Waals surface area contributed by atoms with Crippen LogP contribution in [0, 0.1) is 5.92 Å². The normalized spacial score (nSPS) is 18.2. The van der Waals surface area contributed by atoms with E-state index in [2.05, 4.69) is 4.72 Å². The molecule has 0 aliphatic carbocycles. The Kier molecular flexibility index (Phi) is 6.58. The first kappa shape index (κ1) is 23.0. The molecule has 3 rings (SSSR count). The number of amides is 1. The molecule has 1 heterocycles. The molecule has 1 amide bonds. The van der Waals surface area contributed by atoms with Gasteiger partial charge in [0, 0.05) is 6.54 Å². The summed E-state index contributed by atoms with van der Waals surface area (Å²) < 4.78 is 64.0. The highest BCUT2D eigenvalue weighted by atomic mass is 32.2. The summed E-state index contributed by atoms with van der Waals surface area (Å²) in [6, 6.07) is 11.1. The Labute approximate surface area is 182 Å². The molecule has 11 heteroatoms. The van der Waals surface area contributed by atoms with Crippen LogP contribution >= 0.6 is 0 Å². The zero-order valence-electron chi connectivity index (χ0n) is 17.4. The number of benzene rings is 2. The number of sulfonamides is 2. The molecule has 31 heavy (non-hydrogen) atoms. The standard InChI is InChI=1S/C20H24N2O7S2/c1-14-13-30(24,25)22(20(14)23)16-6-9-18(29-3)19(12-16)31(26,27)21-11-10-15-4-7-17(28-2)8-5-15/h4-9,12,14,21H,10-11,13H2,1-3H3. The van der Waals surface area contributed by atoms with Crippen molar-refractivity contribution in [3.8, 4) is 11.5 Å². The molecule has 1 unspecified atom stereocenters. The molecule has 1 aliphatic heterocycles. The van der Waals surface area contributed by atoms with Gasteiger partial charge in [0.25, 0.3) is 0 Å². The van der Waals surface area contributed by atoms with Gasteiger partial charge in [-0.25, -0.2) is 25.9 Å². The molecule has 1 saturated heterocycles. The quantitative estimate of drug-likeness (QED) is 0.624. The molecule has 0 radical (unpaired) electrons. The van der Waals surface area contributed by atoms with Crippen molar-refractivity contribution in [3.05, 3.63) is 48.0 Å². The molecule has 168 valence electrons. The molecule has 0 spiro atoms. The summed E-state index contributed by atoms with van der Waals surface area (Å²) in [6.07, 6.45) is 0.432. The number of carbonyl (C=O) groups excluding carboxylic acids is 1. The van der Waals surface area contributed by atoms with Crippen molar-refractivity contribution < 1.29 is 31.1 Å². The monoisotopic (exact) mass is 468 g/mol. The second-order valence-corrected chi connectivity index (χ2v) is 10.7. The van der Waals surface area contributed by atoms with Gasteiger partial charge in [-0.2, -0.15) is 0 Å². The predicted molar refractivity (Wildman–Crippen MR) is 115 cm³/mol. The van der Waals surface area contributed by atoms with Crippen molar-refractivity contribution in [2.75, 3.05) is 30.8 Å². The molecule has 2 aromatic rings. The summed E-state index contributed by atoms with van der Waals surface area (Å²) in [5.74, 6) is -0.875. The van der Waals surface area contributed by atoms with Crippen LogP contribution in [0.5, 0.6) is 11.5 Å². The number of carbonyl (C=O) groups is 1. The Morgan fingerprint density at radius 3 is 2.32 bits per heavy atom. The molecule has 0 aromatic heterocycles. The Morgan fingerprint density at radius 1 is 1.10 bits per heavy atom. The summed E-state index contributed by atoms with van der Waals surface area (Å²) >= 11 is 0. The largest absolute Gasteiger partial charge is 0.497 e. The Morgan fingerprint density at radius 2 is 1.77 bits per heavy atom. The first-order valence-electron chi connectivity index (χ1n) is 9.46. The molecule has 1 N–H and O–H groups in total. The van der Waals surface area contributed by atoms with Crippen molar-refractivity contribution in [3.63, 3.8) is 0 Å². The Hall–Kier alpha value is -2.63. The van der Waals surface area contributed by atoms with Gasteiger partial charge in [0.15, 0.2) is 0 Å². The molecule has 0 saturated carbocycles. The average Bonchev–Trinajstić information content (AvgIpc) is 2.94. The van der Waals surface area contributed by atoms with E-state index in [1.165, 1.54) is 26.2 Å². The highest BCUT2D eigenvalue weighted by molar-refractivity contribution is 7.94. The van der Waals surface area contributed by atoms with Crippen LogP contribution < -0.4 is 18.5 Å². The van der Waals surface area contributed by atoms with Crippen molar-refractivity contribution >= 4 is 31.6 Å². The number of anilines is 1. The van der Waals surface area contributed by atoms with E-state index < -0.39 is 31.9 Å². The fraction of sp³-hybridized carbons (Fsp3) is 0.350. The number of methoxy groups -OCH3 is 2. The van der Waals surface area contributed by atoms with E-state index in [0.717, 1.165) is 11.6 Å². The van der Waals surface area contributed by atoms with E-state index in [1.807, 2.05) is 12.1 Å².